The Hall–Kier alpha value is -1.21. The summed E-state index contributed by atoms with van der Waals surface area (Å²) in [6.07, 6.45) is 0.689. The summed E-state index contributed by atoms with van der Waals surface area (Å²) in [4.78, 5) is 36.8. The van der Waals surface area contributed by atoms with Gasteiger partial charge in [-0.3, -0.25) is 14.4 Å². The van der Waals surface area contributed by atoms with Crippen LogP contribution in [0.2, 0.25) is 0 Å². The average molecular weight is 385 g/mol. The molecule has 116 valence electrons. The highest BCUT2D eigenvalue weighted by atomic mass is 79.9. The van der Waals surface area contributed by atoms with Crippen LogP contribution in [0, 0.1) is 23.7 Å². The molecule has 2 aliphatic carbocycles. The molecule has 3 aliphatic rings. The number of rotatable bonds is 4. The second-order valence-corrected chi connectivity index (χ2v) is 7.97. The van der Waals surface area contributed by atoms with Crippen molar-refractivity contribution in [2.75, 3.05) is 6.61 Å². The number of hydrogen-bond acceptors (Lipinski definition) is 6. The summed E-state index contributed by atoms with van der Waals surface area (Å²) in [5.74, 6) is -1.70. The number of alkyl halides is 1. The molecular formula is C15H13BrO5S. The lowest BCUT2D eigenvalue weighted by molar-refractivity contribution is -0.154. The van der Waals surface area contributed by atoms with Crippen LogP contribution in [-0.2, 0) is 19.1 Å². The van der Waals surface area contributed by atoms with Gasteiger partial charge in [0.05, 0.1) is 21.5 Å². The number of thiophene rings is 1. The van der Waals surface area contributed by atoms with Crippen LogP contribution in [0.1, 0.15) is 16.1 Å². The highest BCUT2D eigenvalue weighted by Gasteiger charge is 2.68. The van der Waals surface area contributed by atoms with E-state index in [0.717, 1.165) is 6.42 Å². The van der Waals surface area contributed by atoms with E-state index >= 15 is 0 Å². The highest BCUT2D eigenvalue weighted by molar-refractivity contribution is 9.09. The number of ether oxygens (including phenoxy) is 2. The van der Waals surface area contributed by atoms with E-state index < -0.39 is 17.8 Å². The molecule has 1 aromatic rings. The predicted molar refractivity (Wildman–Crippen MR) is 80.8 cm³/mol. The third kappa shape index (κ3) is 1.98. The highest BCUT2D eigenvalue weighted by Crippen LogP contribution is 2.60. The number of halogens is 1. The van der Waals surface area contributed by atoms with Crippen molar-refractivity contribution in [3.05, 3.63) is 22.4 Å². The lowest BCUT2D eigenvalue weighted by atomic mass is 9.80. The topological polar surface area (TPSA) is 69.7 Å². The molecule has 5 nitrogen and oxygen atoms in total. The van der Waals surface area contributed by atoms with E-state index in [-0.39, 0.29) is 41.1 Å². The maximum absolute atomic E-state index is 12.4. The lowest BCUT2D eigenvalue weighted by Gasteiger charge is -2.26. The van der Waals surface area contributed by atoms with Crippen molar-refractivity contribution >= 4 is 45.0 Å². The fourth-order valence-corrected chi connectivity index (χ4v) is 5.73. The molecule has 0 spiro atoms. The Kier molecular flexibility index (Phi) is 3.38. The zero-order chi connectivity index (χ0) is 15.4. The molecule has 1 saturated heterocycles. The van der Waals surface area contributed by atoms with Crippen LogP contribution in [0.4, 0.5) is 0 Å². The van der Waals surface area contributed by atoms with Crippen LogP contribution >= 0.6 is 27.3 Å². The van der Waals surface area contributed by atoms with E-state index in [1.807, 2.05) is 0 Å². The van der Waals surface area contributed by atoms with Crippen LogP contribution in [0.25, 0.3) is 0 Å². The number of carbonyl (C=O) groups is 3. The Labute approximate surface area is 139 Å². The van der Waals surface area contributed by atoms with Crippen LogP contribution in [0.15, 0.2) is 17.5 Å². The molecular weight excluding hydrogens is 372 g/mol. The average Bonchev–Trinajstić information content (AvgIpc) is 3.22. The standard InChI is InChI=1S/C15H13BrO5S/c16-12-6-4-7-11(15(19)21-13(7)12)10(6)14(18)20-5-8(17)9-2-1-3-22-9/h1-3,6-7,10-13H,4-5H2/t6-,7-,10-,11-,12-,13+/m1/s1. The number of esters is 2. The Morgan fingerprint density at radius 1 is 1.41 bits per heavy atom. The van der Waals surface area contributed by atoms with Gasteiger partial charge in [0.25, 0.3) is 0 Å². The largest absolute Gasteiger partial charge is 0.461 e. The lowest BCUT2D eigenvalue weighted by Crippen LogP contribution is -2.39. The molecule has 6 atom stereocenters. The van der Waals surface area contributed by atoms with Crippen molar-refractivity contribution in [3.8, 4) is 0 Å². The molecule has 0 unspecified atom stereocenters. The van der Waals surface area contributed by atoms with Crippen molar-refractivity contribution in [1.29, 1.82) is 0 Å². The molecule has 0 amide bonds. The summed E-state index contributed by atoms with van der Waals surface area (Å²) in [5.41, 5.74) is 0. The first-order valence-corrected chi connectivity index (χ1v) is 8.95. The minimum atomic E-state index is -0.489. The van der Waals surface area contributed by atoms with Gasteiger partial charge in [0.15, 0.2) is 6.61 Å². The molecule has 22 heavy (non-hydrogen) atoms. The van der Waals surface area contributed by atoms with Gasteiger partial charge in [-0.25, -0.2) is 0 Å². The molecule has 0 aromatic carbocycles. The molecule has 1 aromatic heterocycles. The summed E-state index contributed by atoms with van der Waals surface area (Å²) in [5, 5.41) is 1.80. The summed E-state index contributed by atoms with van der Waals surface area (Å²) in [6.45, 7) is -0.272. The summed E-state index contributed by atoms with van der Waals surface area (Å²) < 4.78 is 10.6. The van der Waals surface area contributed by atoms with Crippen LogP contribution in [0.3, 0.4) is 0 Å². The first kappa shape index (κ1) is 14.4. The van der Waals surface area contributed by atoms with Gasteiger partial charge < -0.3 is 9.47 Å². The number of ketones is 1. The zero-order valence-corrected chi connectivity index (χ0v) is 13.8. The Balaban J connectivity index is 1.45. The second kappa shape index (κ2) is 5.16. The van der Waals surface area contributed by atoms with Gasteiger partial charge >= 0.3 is 11.9 Å². The van der Waals surface area contributed by atoms with Crippen molar-refractivity contribution in [1.82, 2.24) is 0 Å². The zero-order valence-electron chi connectivity index (χ0n) is 11.4. The molecule has 4 rings (SSSR count). The van der Waals surface area contributed by atoms with Gasteiger partial charge in [-0.1, -0.05) is 22.0 Å². The first-order valence-electron chi connectivity index (χ1n) is 7.16. The number of hydrogen-bond donors (Lipinski definition) is 0. The molecule has 2 saturated carbocycles. The fraction of sp³-hybridized carbons (Fsp3) is 0.533. The quantitative estimate of drug-likeness (QED) is 0.451. The molecule has 0 radical (unpaired) electrons. The summed E-state index contributed by atoms with van der Waals surface area (Å²) in [7, 11) is 0. The van der Waals surface area contributed by atoms with Gasteiger partial charge in [-0.05, 0) is 23.8 Å². The molecule has 2 bridgehead atoms. The SMILES string of the molecule is O=C(COC(=O)[C@@H]1[C@H]2C[C@H]3[C@H](OC(=O)[C@H]31)[C@@H]2Br)c1cccs1. The Morgan fingerprint density at radius 3 is 2.95 bits per heavy atom. The van der Waals surface area contributed by atoms with Gasteiger partial charge in [0, 0.05) is 5.92 Å². The molecule has 3 fully saturated rings. The van der Waals surface area contributed by atoms with Crippen LogP contribution in [0.5, 0.6) is 0 Å². The monoisotopic (exact) mass is 384 g/mol. The van der Waals surface area contributed by atoms with Crippen molar-refractivity contribution < 1.29 is 23.9 Å². The number of Topliss-reactive ketones (excluding diaryl/α,β-unsaturated/α-hetero) is 1. The van der Waals surface area contributed by atoms with Crippen molar-refractivity contribution in [2.24, 2.45) is 23.7 Å². The number of fused-ring (bicyclic) bond motifs is 1. The maximum Gasteiger partial charge on any atom is 0.310 e. The first-order chi connectivity index (χ1) is 10.6. The van der Waals surface area contributed by atoms with Gasteiger partial charge in [-0.2, -0.15) is 0 Å². The third-order valence-electron chi connectivity index (χ3n) is 4.94. The van der Waals surface area contributed by atoms with E-state index in [2.05, 4.69) is 15.9 Å². The molecule has 2 heterocycles. The van der Waals surface area contributed by atoms with E-state index in [9.17, 15) is 14.4 Å². The summed E-state index contributed by atoms with van der Waals surface area (Å²) >= 11 is 4.86. The maximum atomic E-state index is 12.4. The van der Waals surface area contributed by atoms with Crippen LogP contribution in [-0.4, -0.2) is 35.3 Å². The van der Waals surface area contributed by atoms with Gasteiger partial charge in [-0.15, -0.1) is 11.3 Å². The summed E-state index contributed by atoms with van der Waals surface area (Å²) in [6, 6.07) is 3.48. The molecule has 0 N–H and O–H groups in total. The molecule has 1 aliphatic heterocycles. The fourth-order valence-electron chi connectivity index (χ4n) is 4.04. The number of carbonyl (C=O) groups excluding carboxylic acids is 3. The van der Waals surface area contributed by atoms with E-state index in [4.69, 9.17) is 9.47 Å². The molecule has 7 heteroatoms. The second-order valence-electron chi connectivity index (χ2n) is 5.97. The Bertz CT molecular complexity index is 642. The van der Waals surface area contributed by atoms with E-state index in [1.54, 1.807) is 17.5 Å². The minimum Gasteiger partial charge on any atom is -0.461 e. The van der Waals surface area contributed by atoms with Crippen LogP contribution < -0.4 is 0 Å². The van der Waals surface area contributed by atoms with E-state index in [0.29, 0.717) is 4.88 Å². The van der Waals surface area contributed by atoms with Crippen molar-refractivity contribution in [2.45, 2.75) is 17.4 Å². The van der Waals surface area contributed by atoms with E-state index in [1.165, 1.54) is 11.3 Å². The van der Waals surface area contributed by atoms with Crippen molar-refractivity contribution in [3.63, 3.8) is 0 Å². The normalized spacial score (nSPS) is 38.1. The smallest absolute Gasteiger partial charge is 0.310 e. The third-order valence-corrected chi connectivity index (χ3v) is 7.05. The predicted octanol–water partition coefficient (Wildman–Crippen LogP) is 2.04. The van der Waals surface area contributed by atoms with Gasteiger partial charge in [0.1, 0.15) is 6.10 Å². The minimum absolute atomic E-state index is 0.00532. The Morgan fingerprint density at radius 2 is 2.23 bits per heavy atom. The van der Waals surface area contributed by atoms with Gasteiger partial charge in [0.2, 0.25) is 5.78 Å².